The van der Waals surface area contributed by atoms with Crippen molar-refractivity contribution in [1.82, 2.24) is 10.6 Å². The van der Waals surface area contributed by atoms with Crippen LogP contribution in [-0.4, -0.2) is 36.0 Å². The minimum Gasteiger partial charge on any atom is -0.475 e. The van der Waals surface area contributed by atoms with Crippen molar-refractivity contribution in [1.29, 1.82) is 0 Å². The van der Waals surface area contributed by atoms with E-state index in [1.54, 1.807) is 0 Å². The van der Waals surface area contributed by atoms with Gasteiger partial charge in [-0.3, -0.25) is 9.59 Å². The van der Waals surface area contributed by atoms with E-state index >= 15 is 0 Å². The number of hydrogen-bond donors (Lipinski definition) is 3. The number of amides is 2. The van der Waals surface area contributed by atoms with Crippen LogP contribution in [0.3, 0.4) is 0 Å². The van der Waals surface area contributed by atoms with Gasteiger partial charge in [-0.2, -0.15) is 0 Å². The quantitative estimate of drug-likeness (QED) is 0.620. The Morgan fingerprint density at radius 2 is 1.76 bits per heavy atom. The first-order valence-corrected chi connectivity index (χ1v) is 4.86. The van der Waals surface area contributed by atoms with Gasteiger partial charge in [0.2, 0.25) is 11.7 Å². The number of carboxylic acids is 1. The molecule has 0 aromatic carbocycles. The van der Waals surface area contributed by atoms with Crippen LogP contribution in [0.5, 0.6) is 0 Å². The number of hydrogen-bond acceptors (Lipinski definition) is 4. The van der Waals surface area contributed by atoms with Crippen LogP contribution in [0.15, 0.2) is 16.5 Å². The van der Waals surface area contributed by atoms with Gasteiger partial charge in [0.25, 0.3) is 5.91 Å². The van der Waals surface area contributed by atoms with Crippen LogP contribution in [0.25, 0.3) is 0 Å². The van der Waals surface area contributed by atoms with E-state index in [1.165, 1.54) is 19.1 Å². The first kappa shape index (κ1) is 12.8. The average molecular weight is 240 g/mol. The molecule has 17 heavy (non-hydrogen) atoms. The normalized spacial score (nSPS) is 9.71. The zero-order valence-corrected chi connectivity index (χ0v) is 9.15. The first-order valence-electron chi connectivity index (χ1n) is 4.86. The fourth-order valence-corrected chi connectivity index (χ4v) is 1.08. The summed E-state index contributed by atoms with van der Waals surface area (Å²) < 4.78 is 4.79. The van der Waals surface area contributed by atoms with Crippen molar-refractivity contribution < 1.29 is 23.9 Å². The van der Waals surface area contributed by atoms with Gasteiger partial charge in [0, 0.05) is 20.0 Å². The number of furan rings is 1. The molecule has 7 nitrogen and oxygen atoms in total. The summed E-state index contributed by atoms with van der Waals surface area (Å²) in [5.74, 6) is -2.32. The predicted molar refractivity (Wildman–Crippen MR) is 56.7 cm³/mol. The van der Waals surface area contributed by atoms with Crippen LogP contribution < -0.4 is 10.6 Å². The van der Waals surface area contributed by atoms with Crippen molar-refractivity contribution >= 4 is 17.8 Å². The summed E-state index contributed by atoms with van der Waals surface area (Å²) in [6.07, 6.45) is 0. The van der Waals surface area contributed by atoms with Crippen molar-refractivity contribution in [2.75, 3.05) is 13.1 Å². The highest BCUT2D eigenvalue weighted by Crippen LogP contribution is 2.07. The second-order valence-electron chi connectivity index (χ2n) is 3.21. The van der Waals surface area contributed by atoms with E-state index in [4.69, 9.17) is 9.52 Å². The third-order valence-corrected chi connectivity index (χ3v) is 1.83. The summed E-state index contributed by atoms with van der Waals surface area (Å²) in [6.45, 7) is 1.91. The summed E-state index contributed by atoms with van der Waals surface area (Å²) in [5.41, 5.74) is 0. The minimum absolute atomic E-state index is 0.0785. The summed E-state index contributed by atoms with van der Waals surface area (Å²) in [4.78, 5) is 32.4. The maximum atomic E-state index is 11.4. The van der Waals surface area contributed by atoms with Crippen LogP contribution in [0, 0.1) is 0 Å². The zero-order valence-electron chi connectivity index (χ0n) is 9.15. The Hall–Kier alpha value is -2.31. The third kappa shape index (κ3) is 3.98. The lowest BCUT2D eigenvalue weighted by atomic mass is 10.4. The maximum absolute atomic E-state index is 11.4. The fourth-order valence-electron chi connectivity index (χ4n) is 1.08. The Bertz CT molecular complexity index is 438. The third-order valence-electron chi connectivity index (χ3n) is 1.83. The van der Waals surface area contributed by atoms with Crippen LogP contribution >= 0.6 is 0 Å². The maximum Gasteiger partial charge on any atom is 0.371 e. The standard InChI is InChI=1S/C10H12N2O5/c1-6(13)11-4-5-12-9(14)7-2-3-8(17-7)10(15)16/h2-3H,4-5H2,1H3,(H,11,13)(H,12,14)(H,15,16). The summed E-state index contributed by atoms with van der Waals surface area (Å²) >= 11 is 0. The molecular weight excluding hydrogens is 228 g/mol. The van der Waals surface area contributed by atoms with Crippen molar-refractivity contribution in [2.24, 2.45) is 0 Å². The smallest absolute Gasteiger partial charge is 0.371 e. The Balaban J connectivity index is 2.41. The molecule has 1 heterocycles. The molecule has 0 unspecified atom stereocenters. The molecule has 0 aliphatic carbocycles. The SMILES string of the molecule is CC(=O)NCCNC(=O)c1ccc(C(=O)O)o1. The lowest BCUT2D eigenvalue weighted by Gasteiger charge is -2.03. The van der Waals surface area contributed by atoms with Crippen LogP contribution in [0.1, 0.15) is 28.0 Å². The van der Waals surface area contributed by atoms with Gasteiger partial charge in [0.15, 0.2) is 5.76 Å². The molecule has 1 aromatic heterocycles. The molecule has 1 rings (SSSR count). The largest absolute Gasteiger partial charge is 0.475 e. The van der Waals surface area contributed by atoms with E-state index in [0.29, 0.717) is 6.54 Å². The molecule has 0 saturated heterocycles. The van der Waals surface area contributed by atoms with Crippen LogP contribution in [0.2, 0.25) is 0 Å². The number of aromatic carboxylic acids is 1. The van der Waals surface area contributed by atoms with Crippen molar-refractivity contribution in [3.05, 3.63) is 23.7 Å². The van der Waals surface area contributed by atoms with Crippen LogP contribution in [-0.2, 0) is 4.79 Å². The molecule has 7 heteroatoms. The van der Waals surface area contributed by atoms with E-state index in [2.05, 4.69) is 10.6 Å². The first-order chi connectivity index (χ1) is 8.00. The van der Waals surface area contributed by atoms with Crippen molar-refractivity contribution in [2.45, 2.75) is 6.92 Å². The molecule has 3 N–H and O–H groups in total. The van der Waals surface area contributed by atoms with Gasteiger partial charge in [-0.05, 0) is 12.1 Å². The molecule has 0 aliphatic heterocycles. The average Bonchev–Trinajstić information content (AvgIpc) is 2.73. The van der Waals surface area contributed by atoms with E-state index in [-0.39, 0.29) is 24.0 Å². The second-order valence-corrected chi connectivity index (χ2v) is 3.21. The molecule has 0 atom stereocenters. The second kappa shape index (κ2) is 5.69. The molecule has 0 fully saturated rings. The number of carbonyl (C=O) groups excluding carboxylic acids is 2. The Kier molecular flexibility index (Phi) is 4.27. The Morgan fingerprint density at radius 3 is 2.29 bits per heavy atom. The van der Waals surface area contributed by atoms with Crippen molar-refractivity contribution in [3.63, 3.8) is 0 Å². The minimum atomic E-state index is -1.23. The van der Waals surface area contributed by atoms with Gasteiger partial charge in [-0.1, -0.05) is 0 Å². The Morgan fingerprint density at radius 1 is 1.18 bits per heavy atom. The predicted octanol–water partition coefficient (Wildman–Crippen LogP) is -0.156. The van der Waals surface area contributed by atoms with Gasteiger partial charge in [-0.15, -0.1) is 0 Å². The van der Waals surface area contributed by atoms with Crippen molar-refractivity contribution in [3.8, 4) is 0 Å². The lowest BCUT2D eigenvalue weighted by Crippen LogP contribution is -2.33. The van der Waals surface area contributed by atoms with Gasteiger partial charge in [-0.25, -0.2) is 4.79 Å². The van der Waals surface area contributed by atoms with Gasteiger partial charge in [0.05, 0.1) is 0 Å². The summed E-state index contributed by atoms with van der Waals surface area (Å²) in [7, 11) is 0. The highest BCUT2D eigenvalue weighted by Gasteiger charge is 2.14. The number of rotatable bonds is 5. The number of carboxylic acid groups (broad SMARTS) is 1. The molecule has 0 bridgehead atoms. The molecule has 0 spiro atoms. The Labute approximate surface area is 96.8 Å². The molecule has 0 radical (unpaired) electrons. The molecule has 1 aromatic rings. The summed E-state index contributed by atoms with van der Waals surface area (Å²) in [6, 6.07) is 2.47. The molecule has 0 aliphatic rings. The van der Waals surface area contributed by atoms with E-state index < -0.39 is 11.9 Å². The number of carbonyl (C=O) groups is 3. The van der Waals surface area contributed by atoms with Gasteiger partial charge < -0.3 is 20.2 Å². The highest BCUT2D eigenvalue weighted by molar-refractivity contribution is 5.93. The summed E-state index contributed by atoms with van der Waals surface area (Å²) in [5, 5.41) is 13.5. The lowest BCUT2D eigenvalue weighted by molar-refractivity contribution is -0.118. The molecular formula is C10H12N2O5. The highest BCUT2D eigenvalue weighted by atomic mass is 16.4. The van der Waals surface area contributed by atoms with Gasteiger partial charge in [0.1, 0.15) is 0 Å². The van der Waals surface area contributed by atoms with E-state index in [0.717, 1.165) is 0 Å². The monoisotopic (exact) mass is 240 g/mol. The number of nitrogens with one attached hydrogen (secondary N) is 2. The molecule has 0 saturated carbocycles. The fraction of sp³-hybridized carbons (Fsp3) is 0.300. The zero-order chi connectivity index (χ0) is 12.8. The molecule has 2 amide bonds. The molecule has 92 valence electrons. The van der Waals surface area contributed by atoms with E-state index in [9.17, 15) is 14.4 Å². The van der Waals surface area contributed by atoms with E-state index in [1.807, 2.05) is 0 Å². The topological polar surface area (TPSA) is 109 Å². The van der Waals surface area contributed by atoms with Crippen LogP contribution in [0.4, 0.5) is 0 Å². The van der Waals surface area contributed by atoms with Gasteiger partial charge >= 0.3 is 5.97 Å².